The molecule has 0 bridgehead atoms. The van der Waals surface area contributed by atoms with Crippen LogP contribution in [0.4, 0.5) is 0 Å². The van der Waals surface area contributed by atoms with Gasteiger partial charge in [0.1, 0.15) is 11.9 Å². The van der Waals surface area contributed by atoms with Crippen molar-refractivity contribution < 1.29 is 9.52 Å². The minimum absolute atomic E-state index is 0.287. The molecule has 2 aromatic rings. The Balaban J connectivity index is 2.07. The van der Waals surface area contributed by atoms with Crippen LogP contribution in [0.25, 0.3) is 0 Å². The highest BCUT2D eigenvalue weighted by atomic mass is 35.5. The predicted octanol–water partition coefficient (Wildman–Crippen LogP) is 2.60. The molecule has 0 spiro atoms. The molecule has 0 amide bonds. The fraction of sp³-hybridized carbons (Fsp3) is 0.182. The molecule has 1 atom stereocenters. The van der Waals surface area contributed by atoms with Crippen LogP contribution in [0, 0.1) is 0 Å². The first-order chi connectivity index (χ1) is 7.25. The Morgan fingerprint density at radius 2 is 2.27 bits per heavy atom. The van der Waals surface area contributed by atoms with E-state index in [1.807, 2.05) is 12.1 Å². The quantitative estimate of drug-likeness (QED) is 0.870. The Hall–Kier alpha value is -1.32. The molecule has 78 valence electrons. The Morgan fingerprint density at radius 3 is 2.87 bits per heavy atom. The third kappa shape index (κ3) is 2.58. The third-order valence-electron chi connectivity index (χ3n) is 2.07. The Kier molecular flexibility index (Phi) is 3.04. The minimum atomic E-state index is -0.679. The maximum atomic E-state index is 9.81. The van der Waals surface area contributed by atoms with E-state index in [-0.39, 0.29) is 5.22 Å². The Labute approximate surface area is 92.3 Å². The summed E-state index contributed by atoms with van der Waals surface area (Å²) in [5, 5.41) is 10.1. The third-order valence-corrected chi connectivity index (χ3v) is 2.28. The Morgan fingerprint density at radius 1 is 1.40 bits per heavy atom. The lowest BCUT2D eigenvalue weighted by Crippen LogP contribution is -2.00. The van der Waals surface area contributed by atoms with Crippen molar-refractivity contribution in [2.45, 2.75) is 12.5 Å². The van der Waals surface area contributed by atoms with Crippen molar-refractivity contribution in [3.63, 3.8) is 0 Å². The standard InChI is InChI=1S/C11H10ClNO2/c12-11-4-3-10(15-11)9(14)6-8-2-1-5-13-7-8/h1-5,7,9,14H,6H2. The van der Waals surface area contributed by atoms with Crippen molar-refractivity contribution in [2.75, 3.05) is 0 Å². The van der Waals surface area contributed by atoms with Crippen molar-refractivity contribution in [1.29, 1.82) is 0 Å². The van der Waals surface area contributed by atoms with Crippen molar-refractivity contribution in [3.8, 4) is 0 Å². The summed E-state index contributed by atoms with van der Waals surface area (Å²) < 4.78 is 5.11. The van der Waals surface area contributed by atoms with Crippen molar-refractivity contribution in [1.82, 2.24) is 4.98 Å². The van der Waals surface area contributed by atoms with Gasteiger partial charge in [-0.3, -0.25) is 4.98 Å². The summed E-state index contributed by atoms with van der Waals surface area (Å²) in [5.74, 6) is 0.476. The molecule has 1 N–H and O–H groups in total. The van der Waals surface area contributed by atoms with Gasteiger partial charge >= 0.3 is 0 Å². The van der Waals surface area contributed by atoms with E-state index in [4.69, 9.17) is 16.0 Å². The van der Waals surface area contributed by atoms with Crippen molar-refractivity contribution in [2.24, 2.45) is 0 Å². The second-order valence-electron chi connectivity index (χ2n) is 3.22. The number of hydrogen-bond donors (Lipinski definition) is 1. The first-order valence-corrected chi connectivity index (χ1v) is 4.95. The maximum Gasteiger partial charge on any atom is 0.193 e. The lowest BCUT2D eigenvalue weighted by molar-refractivity contribution is 0.150. The molecule has 0 fully saturated rings. The summed E-state index contributed by atoms with van der Waals surface area (Å²) in [6, 6.07) is 7.02. The van der Waals surface area contributed by atoms with E-state index in [2.05, 4.69) is 4.98 Å². The van der Waals surface area contributed by atoms with Crippen LogP contribution in [-0.4, -0.2) is 10.1 Å². The van der Waals surface area contributed by atoms with Gasteiger partial charge in [-0.05, 0) is 35.4 Å². The van der Waals surface area contributed by atoms with Gasteiger partial charge in [0.25, 0.3) is 0 Å². The van der Waals surface area contributed by atoms with Crippen molar-refractivity contribution in [3.05, 3.63) is 53.2 Å². The summed E-state index contributed by atoms with van der Waals surface area (Å²) in [7, 11) is 0. The van der Waals surface area contributed by atoms with E-state index in [1.165, 1.54) is 0 Å². The summed E-state index contributed by atoms with van der Waals surface area (Å²) >= 11 is 5.62. The van der Waals surface area contributed by atoms with Gasteiger partial charge in [-0.1, -0.05) is 6.07 Å². The van der Waals surface area contributed by atoms with Gasteiger partial charge in [-0.15, -0.1) is 0 Å². The molecule has 0 saturated heterocycles. The van der Waals surface area contributed by atoms with Crippen LogP contribution in [0.1, 0.15) is 17.4 Å². The van der Waals surface area contributed by atoms with Crippen LogP contribution in [0.5, 0.6) is 0 Å². The minimum Gasteiger partial charge on any atom is -0.447 e. The van der Waals surface area contributed by atoms with E-state index in [0.717, 1.165) is 5.56 Å². The van der Waals surface area contributed by atoms with Gasteiger partial charge in [0.2, 0.25) is 0 Å². The van der Waals surface area contributed by atoms with E-state index in [0.29, 0.717) is 12.2 Å². The first-order valence-electron chi connectivity index (χ1n) is 4.58. The summed E-state index contributed by atoms with van der Waals surface area (Å²) in [5.41, 5.74) is 0.956. The number of aliphatic hydroxyl groups excluding tert-OH is 1. The number of hydrogen-bond acceptors (Lipinski definition) is 3. The number of aromatic nitrogens is 1. The number of pyridine rings is 1. The maximum absolute atomic E-state index is 9.81. The largest absolute Gasteiger partial charge is 0.447 e. The van der Waals surface area contributed by atoms with Crippen LogP contribution in [-0.2, 0) is 6.42 Å². The molecule has 0 radical (unpaired) electrons. The van der Waals surface area contributed by atoms with E-state index in [1.54, 1.807) is 24.5 Å². The van der Waals surface area contributed by atoms with E-state index < -0.39 is 6.10 Å². The van der Waals surface area contributed by atoms with Gasteiger partial charge in [0.05, 0.1) is 0 Å². The highest BCUT2D eigenvalue weighted by Crippen LogP contribution is 2.22. The molecule has 2 aromatic heterocycles. The molecular weight excluding hydrogens is 214 g/mol. The highest BCUT2D eigenvalue weighted by molar-refractivity contribution is 6.28. The van der Waals surface area contributed by atoms with Gasteiger partial charge in [-0.2, -0.15) is 0 Å². The van der Waals surface area contributed by atoms with Gasteiger partial charge in [0, 0.05) is 18.8 Å². The SMILES string of the molecule is OC(Cc1cccnc1)c1ccc(Cl)o1. The fourth-order valence-corrected chi connectivity index (χ4v) is 1.50. The Bertz CT molecular complexity index is 427. The molecule has 3 nitrogen and oxygen atoms in total. The average Bonchev–Trinajstić information content (AvgIpc) is 2.66. The number of rotatable bonds is 3. The first kappa shape index (κ1) is 10.2. The number of halogens is 1. The summed E-state index contributed by atoms with van der Waals surface area (Å²) in [6.45, 7) is 0. The van der Waals surface area contributed by atoms with E-state index >= 15 is 0 Å². The monoisotopic (exact) mass is 223 g/mol. The molecule has 0 aromatic carbocycles. The second kappa shape index (κ2) is 4.47. The van der Waals surface area contributed by atoms with Crippen LogP contribution in [0.3, 0.4) is 0 Å². The lowest BCUT2D eigenvalue weighted by Gasteiger charge is -2.06. The number of furan rings is 1. The smallest absolute Gasteiger partial charge is 0.193 e. The molecule has 0 aliphatic heterocycles. The predicted molar refractivity (Wildman–Crippen MR) is 56.6 cm³/mol. The topological polar surface area (TPSA) is 46.3 Å². The second-order valence-corrected chi connectivity index (χ2v) is 3.60. The molecule has 2 heterocycles. The molecule has 0 aliphatic rings. The van der Waals surface area contributed by atoms with Crippen LogP contribution in [0.2, 0.25) is 5.22 Å². The number of aliphatic hydroxyl groups is 1. The van der Waals surface area contributed by atoms with Gasteiger partial charge < -0.3 is 9.52 Å². The molecule has 1 unspecified atom stereocenters. The van der Waals surface area contributed by atoms with Crippen LogP contribution < -0.4 is 0 Å². The van der Waals surface area contributed by atoms with Gasteiger partial charge in [0.15, 0.2) is 5.22 Å². The molecular formula is C11H10ClNO2. The molecule has 2 rings (SSSR count). The van der Waals surface area contributed by atoms with Crippen molar-refractivity contribution >= 4 is 11.6 Å². The molecule has 0 saturated carbocycles. The molecule has 0 aliphatic carbocycles. The zero-order chi connectivity index (χ0) is 10.7. The highest BCUT2D eigenvalue weighted by Gasteiger charge is 2.12. The lowest BCUT2D eigenvalue weighted by atomic mass is 10.1. The fourth-order valence-electron chi connectivity index (χ4n) is 1.35. The van der Waals surface area contributed by atoms with Crippen LogP contribution in [0.15, 0.2) is 41.1 Å². The zero-order valence-corrected chi connectivity index (χ0v) is 8.69. The summed E-state index contributed by atoms with van der Waals surface area (Å²) in [6.07, 6.45) is 3.20. The van der Waals surface area contributed by atoms with Crippen LogP contribution >= 0.6 is 11.6 Å². The van der Waals surface area contributed by atoms with E-state index in [9.17, 15) is 5.11 Å². The molecule has 15 heavy (non-hydrogen) atoms. The number of nitrogens with zero attached hydrogens (tertiary/aromatic N) is 1. The molecule has 4 heteroatoms. The average molecular weight is 224 g/mol. The normalized spacial score (nSPS) is 12.7. The van der Waals surface area contributed by atoms with Gasteiger partial charge in [-0.25, -0.2) is 0 Å². The zero-order valence-electron chi connectivity index (χ0n) is 7.93. The summed E-state index contributed by atoms with van der Waals surface area (Å²) in [4.78, 5) is 3.97.